The number of hydrogen-bond donors (Lipinski definition) is 3. The lowest BCUT2D eigenvalue weighted by Gasteiger charge is -2.06. The van der Waals surface area contributed by atoms with Crippen molar-refractivity contribution in [1.82, 2.24) is 24.9 Å². The molecule has 4 N–H and O–H groups in total. The minimum atomic E-state index is 0.586. The maximum Gasteiger partial charge on any atom is 0.116 e. The Labute approximate surface area is 155 Å². The van der Waals surface area contributed by atoms with Crippen molar-refractivity contribution >= 4 is 22.8 Å². The number of allylic oxidation sites excluding steroid dienone is 1. The normalized spacial score (nSPS) is 11.7. The average Bonchev–Trinajstić information content (AvgIpc) is 3.18. The van der Waals surface area contributed by atoms with E-state index in [0.717, 1.165) is 39.5 Å². The lowest BCUT2D eigenvalue weighted by Crippen LogP contribution is -1.95. The van der Waals surface area contributed by atoms with Gasteiger partial charge >= 0.3 is 0 Å². The van der Waals surface area contributed by atoms with E-state index in [9.17, 15) is 0 Å². The Morgan fingerprint density at radius 3 is 2.74 bits per heavy atom. The highest BCUT2D eigenvalue weighted by Crippen LogP contribution is 2.28. The Balaban J connectivity index is 1.83. The third kappa shape index (κ3) is 3.06. The first-order valence-corrected chi connectivity index (χ1v) is 8.37. The van der Waals surface area contributed by atoms with Gasteiger partial charge in [0.05, 0.1) is 34.4 Å². The van der Waals surface area contributed by atoms with Crippen LogP contribution in [0, 0.1) is 12.3 Å². The molecule has 0 saturated heterocycles. The quantitative estimate of drug-likeness (QED) is 0.485. The number of hydrogen-bond acceptors (Lipinski definition) is 6. The standard InChI is InChI=1S/C20H17N7/c1-12-3-2-4-16(26-12)19-20(25-11-24-19)17-6-5-15-18(27-17)7-13(10-23-15)14(8-21)9-22/h2-11,21H,22H2,1H3,(H,24,25)/b14-9+,21-8?. The van der Waals surface area contributed by atoms with E-state index in [0.29, 0.717) is 11.1 Å². The predicted molar refractivity (Wildman–Crippen MR) is 106 cm³/mol. The molecule has 0 aliphatic heterocycles. The molecule has 4 rings (SSSR count). The molecule has 4 aromatic heterocycles. The molecule has 0 amide bonds. The first kappa shape index (κ1) is 16.6. The van der Waals surface area contributed by atoms with Gasteiger partial charge in [0.1, 0.15) is 5.69 Å². The fraction of sp³-hybridized carbons (Fsp3) is 0.0500. The summed E-state index contributed by atoms with van der Waals surface area (Å²) in [5, 5.41) is 7.46. The van der Waals surface area contributed by atoms with Gasteiger partial charge in [-0.25, -0.2) is 9.97 Å². The van der Waals surface area contributed by atoms with E-state index in [-0.39, 0.29) is 0 Å². The van der Waals surface area contributed by atoms with Gasteiger partial charge in [-0.1, -0.05) is 6.07 Å². The van der Waals surface area contributed by atoms with Gasteiger partial charge in [-0.05, 0) is 37.3 Å². The molecule has 4 aromatic rings. The van der Waals surface area contributed by atoms with Crippen LogP contribution in [-0.2, 0) is 0 Å². The third-order valence-electron chi connectivity index (χ3n) is 4.23. The Bertz CT molecular complexity index is 1170. The molecule has 132 valence electrons. The number of imidazole rings is 1. The van der Waals surface area contributed by atoms with Crippen LogP contribution in [0.25, 0.3) is 39.4 Å². The van der Waals surface area contributed by atoms with Crippen molar-refractivity contribution < 1.29 is 0 Å². The number of rotatable bonds is 4. The number of pyridine rings is 3. The summed E-state index contributed by atoms with van der Waals surface area (Å²) in [5.74, 6) is 0. The Kier molecular flexibility index (Phi) is 4.18. The van der Waals surface area contributed by atoms with Crippen LogP contribution >= 0.6 is 0 Å². The number of H-pyrrole nitrogens is 1. The molecule has 27 heavy (non-hydrogen) atoms. The second-order valence-corrected chi connectivity index (χ2v) is 6.02. The molecule has 0 fully saturated rings. The van der Waals surface area contributed by atoms with Gasteiger partial charge in [0.25, 0.3) is 0 Å². The molecule has 0 spiro atoms. The van der Waals surface area contributed by atoms with Crippen molar-refractivity contribution in [2.24, 2.45) is 5.73 Å². The molecule has 0 radical (unpaired) electrons. The molecular weight excluding hydrogens is 338 g/mol. The van der Waals surface area contributed by atoms with E-state index in [1.807, 2.05) is 43.3 Å². The lowest BCUT2D eigenvalue weighted by molar-refractivity contribution is 1.19. The minimum Gasteiger partial charge on any atom is -0.404 e. The average molecular weight is 355 g/mol. The van der Waals surface area contributed by atoms with Crippen LogP contribution in [0.3, 0.4) is 0 Å². The number of aryl methyl sites for hydroxylation is 1. The number of nitrogens with two attached hydrogens (primary N) is 1. The van der Waals surface area contributed by atoms with Crippen LogP contribution in [0.4, 0.5) is 0 Å². The molecule has 7 heteroatoms. The van der Waals surface area contributed by atoms with Crippen molar-refractivity contribution in [3.63, 3.8) is 0 Å². The van der Waals surface area contributed by atoms with Gasteiger partial charge in [0, 0.05) is 35.4 Å². The molecule has 0 unspecified atom stereocenters. The number of fused-ring (bicyclic) bond motifs is 1. The number of aromatic nitrogens is 5. The van der Waals surface area contributed by atoms with Crippen LogP contribution in [0.5, 0.6) is 0 Å². The molecule has 0 aliphatic rings. The highest BCUT2D eigenvalue weighted by atomic mass is 14.9. The van der Waals surface area contributed by atoms with Crippen molar-refractivity contribution in [2.75, 3.05) is 0 Å². The van der Waals surface area contributed by atoms with Crippen molar-refractivity contribution in [3.8, 4) is 22.8 Å². The highest BCUT2D eigenvalue weighted by molar-refractivity contribution is 6.08. The maximum atomic E-state index is 7.46. The first-order valence-electron chi connectivity index (χ1n) is 8.37. The monoisotopic (exact) mass is 355 g/mol. The zero-order valence-corrected chi connectivity index (χ0v) is 14.6. The zero-order valence-electron chi connectivity index (χ0n) is 14.6. The Morgan fingerprint density at radius 1 is 1.07 bits per heavy atom. The largest absolute Gasteiger partial charge is 0.404 e. The van der Waals surface area contributed by atoms with Crippen LogP contribution in [0.15, 0.2) is 55.1 Å². The molecular formula is C20H17N7. The van der Waals surface area contributed by atoms with Crippen LogP contribution in [0.1, 0.15) is 11.3 Å². The summed E-state index contributed by atoms with van der Waals surface area (Å²) in [6.45, 7) is 1.95. The van der Waals surface area contributed by atoms with E-state index in [1.165, 1.54) is 12.4 Å². The summed E-state index contributed by atoms with van der Waals surface area (Å²) < 4.78 is 0. The smallest absolute Gasteiger partial charge is 0.116 e. The Morgan fingerprint density at radius 2 is 1.96 bits per heavy atom. The van der Waals surface area contributed by atoms with Gasteiger partial charge < -0.3 is 16.1 Å². The van der Waals surface area contributed by atoms with Gasteiger partial charge in [-0.3, -0.25) is 9.97 Å². The van der Waals surface area contributed by atoms with Crippen LogP contribution < -0.4 is 5.73 Å². The van der Waals surface area contributed by atoms with Gasteiger partial charge in [0.2, 0.25) is 0 Å². The molecule has 0 bridgehead atoms. The topological polar surface area (TPSA) is 117 Å². The Hall–Kier alpha value is -3.87. The predicted octanol–water partition coefficient (Wildman–Crippen LogP) is 3.34. The van der Waals surface area contributed by atoms with E-state index in [4.69, 9.17) is 16.1 Å². The van der Waals surface area contributed by atoms with Crippen molar-refractivity contribution in [2.45, 2.75) is 6.92 Å². The van der Waals surface area contributed by atoms with E-state index >= 15 is 0 Å². The van der Waals surface area contributed by atoms with Crippen molar-refractivity contribution in [3.05, 3.63) is 66.4 Å². The molecule has 7 nitrogen and oxygen atoms in total. The molecule has 0 aliphatic carbocycles. The fourth-order valence-electron chi connectivity index (χ4n) is 2.89. The van der Waals surface area contributed by atoms with E-state index in [2.05, 4.69) is 19.9 Å². The van der Waals surface area contributed by atoms with E-state index in [1.54, 1.807) is 12.5 Å². The van der Waals surface area contributed by atoms with Crippen molar-refractivity contribution in [1.29, 1.82) is 5.41 Å². The maximum absolute atomic E-state index is 7.46. The fourth-order valence-corrected chi connectivity index (χ4v) is 2.89. The van der Waals surface area contributed by atoms with Gasteiger partial charge in [-0.2, -0.15) is 0 Å². The van der Waals surface area contributed by atoms with Crippen LogP contribution in [0.2, 0.25) is 0 Å². The van der Waals surface area contributed by atoms with E-state index < -0.39 is 0 Å². The SMILES string of the molecule is Cc1cccc(-c2nc[nH]c2-c2ccc3ncc(/C(C=N)=C/N)cc3n2)n1. The summed E-state index contributed by atoms with van der Waals surface area (Å²) in [6, 6.07) is 11.5. The molecule has 4 heterocycles. The summed E-state index contributed by atoms with van der Waals surface area (Å²) in [6.07, 6.45) is 5.91. The summed E-state index contributed by atoms with van der Waals surface area (Å²) in [4.78, 5) is 21.3. The zero-order chi connectivity index (χ0) is 18.8. The minimum absolute atomic E-state index is 0.586. The first-order chi connectivity index (χ1) is 13.2. The van der Waals surface area contributed by atoms with Gasteiger partial charge in [0.15, 0.2) is 0 Å². The summed E-state index contributed by atoms with van der Waals surface area (Å²) >= 11 is 0. The third-order valence-corrected chi connectivity index (χ3v) is 4.23. The molecule has 0 atom stereocenters. The molecule has 0 aromatic carbocycles. The number of aromatic amines is 1. The van der Waals surface area contributed by atoms with Gasteiger partial charge in [-0.15, -0.1) is 0 Å². The summed E-state index contributed by atoms with van der Waals surface area (Å²) in [7, 11) is 0. The second kappa shape index (κ2) is 6.80. The lowest BCUT2D eigenvalue weighted by atomic mass is 10.1. The molecule has 0 saturated carbocycles. The number of nitrogens with one attached hydrogen (secondary N) is 2. The van der Waals surface area contributed by atoms with Crippen LogP contribution in [-0.4, -0.2) is 31.1 Å². The second-order valence-electron chi connectivity index (χ2n) is 6.02. The number of nitrogens with zero attached hydrogens (tertiary/aromatic N) is 4. The summed E-state index contributed by atoms with van der Waals surface area (Å²) in [5.41, 5.74) is 12.4. The highest BCUT2D eigenvalue weighted by Gasteiger charge is 2.14.